The molecule has 0 saturated carbocycles. The lowest BCUT2D eigenvalue weighted by molar-refractivity contribution is 0.414. The van der Waals surface area contributed by atoms with E-state index in [1.165, 1.54) is 156 Å². The minimum Gasteiger partial charge on any atom is -0.310 e. The lowest BCUT2D eigenvalue weighted by Gasteiger charge is -2.35. The number of hydrogen-bond donors (Lipinski definition) is 0. The normalized spacial score (nSPS) is 13.7. The van der Waals surface area contributed by atoms with Gasteiger partial charge < -0.3 is 19.6 Å². The van der Waals surface area contributed by atoms with Crippen molar-refractivity contribution < 1.29 is 0 Å². The molecule has 710 valence electrons. The molecule has 0 N–H and O–H groups in total. The molecule has 4 aliphatic carbocycles. The smallest absolute Gasteiger partial charge is 0.0465 e. The van der Waals surface area contributed by atoms with Crippen molar-refractivity contribution >= 4 is 68.2 Å². The predicted molar refractivity (Wildman–Crippen MR) is 608 cm³/mol. The topological polar surface area (TPSA) is 13.0 Å². The number of hydrogen-bond acceptors (Lipinski definition) is 4. The first kappa shape index (κ1) is 94.2. The van der Waals surface area contributed by atoms with Gasteiger partial charge in [-0.25, -0.2) is 0 Å². The second kappa shape index (κ2) is 41.6. The average Bonchev–Trinajstić information content (AvgIpc) is 1.52. The lowest BCUT2D eigenvalue weighted by atomic mass is 9.69. The molecule has 0 heterocycles. The number of unbranched alkanes of at least 4 members (excludes halogenated alkanes) is 8. The molecular weight excluding hydrogens is 1710 g/mol. The maximum atomic E-state index is 2.76. The number of benzene rings is 17. The number of fused-ring (bicyclic) bond motifs is 12. The fourth-order valence-electron chi connectivity index (χ4n) is 25.6. The summed E-state index contributed by atoms with van der Waals surface area (Å²) in [5.41, 5.74) is 45.7. The summed E-state index contributed by atoms with van der Waals surface area (Å²) in [4.78, 5) is 9.95. The summed E-state index contributed by atoms with van der Waals surface area (Å²) in [5.74, 6) is 0. The van der Waals surface area contributed by atoms with Crippen molar-refractivity contribution in [3.8, 4) is 89.0 Å². The van der Waals surface area contributed by atoms with Crippen molar-refractivity contribution in [1.29, 1.82) is 0 Å². The summed E-state index contributed by atoms with van der Waals surface area (Å²) < 4.78 is 0. The SMILES string of the molecule is CCCCC1(CCCC)c2cc(-c3cc(-c4ccc5c(c4)C(CCCC)(CCCC)c4cc(N(c6ccccc6)c6ccccc6)ccc4-5)c(-c4ccc5c(c4)C(CCCC)(CCCC)c4cc(N(c6ccccc6)c6ccccc6)ccc4-5)cc3-c3ccc4c(c3)C(CCCC)(CCCC)c3cc(N(c5ccccc5)c5ccccc5)ccc3-4)ccc2-c2ccc(N(c3ccccc3)c3ccccc3)cc21. The first-order valence-corrected chi connectivity index (χ1v) is 54.0. The second-order valence-corrected chi connectivity index (χ2v) is 41.1. The summed E-state index contributed by atoms with van der Waals surface area (Å²) in [6, 6.07) is 156. The van der Waals surface area contributed by atoms with Crippen molar-refractivity contribution in [3.63, 3.8) is 0 Å². The molecule has 0 aliphatic heterocycles. The van der Waals surface area contributed by atoms with Crippen molar-refractivity contribution in [1.82, 2.24) is 0 Å². The van der Waals surface area contributed by atoms with Crippen LogP contribution >= 0.6 is 0 Å². The molecule has 0 amide bonds. The van der Waals surface area contributed by atoms with Crippen LogP contribution in [0.2, 0.25) is 0 Å². The molecule has 4 nitrogen and oxygen atoms in total. The van der Waals surface area contributed by atoms with Crippen molar-refractivity contribution in [2.45, 2.75) is 231 Å². The maximum Gasteiger partial charge on any atom is 0.0465 e. The Bertz CT molecular complexity index is 6210. The molecule has 0 aromatic heterocycles. The Balaban J connectivity index is 0.843. The third kappa shape index (κ3) is 17.2. The van der Waals surface area contributed by atoms with E-state index in [2.05, 4.69) is 475 Å². The molecule has 0 saturated heterocycles. The van der Waals surface area contributed by atoms with Crippen LogP contribution in [0.25, 0.3) is 89.0 Å². The molecule has 4 aliphatic rings. The Morgan fingerprint density at radius 1 is 0.134 bits per heavy atom. The minimum absolute atomic E-state index is 0.280. The van der Waals surface area contributed by atoms with Crippen LogP contribution in [0.15, 0.2) is 400 Å². The van der Waals surface area contributed by atoms with Crippen LogP contribution in [0.5, 0.6) is 0 Å². The molecule has 17 aromatic carbocycles. The molecule has 0 fully saturated rings. The Morgan fingerprint density at radius 3 is 0.423 bits per heavy atom. The Morgan fingerprint density at radius 2 is 0.275 bits per heavy atom. The van der Waals surface area contributed by atoms with Gasteiger partial charge >= 0.3 is 0 Å². The maximum absolute atomic E-state index is 2.76. The quantitative estimate of drug-likeness (QED) is 0.0379. The number of anilines is 12. The van der Waals surface area contributed by atoms with Gasteiger partial charge in [0.1, 0.15) is 0 Å². The van der Waals surface area contributed by atoms with Crippen LogP contribution in [0, 0.1) is 0 Å². The molecule has 0 atom stereocenters. The molecule has 142 heavy (non-hydrogen) atoms. The fraction of sp³-hybridized carbons (Fsp3) is 0.261. The summed E-state index contributed by atoms with van der Waals surface area (Å²) in [7, 11) is 0. The van der Waals surface area contributed by atoms with E-state index in [-0.39, 0.29) is 21.7 Å². The van der Waals surface area contributed by atoms with E-state index in [1.54, 1.807) is 0 Å². The van der Waals surface area contributed by atoms with Gasteiger partial charge in [-0.1, -0.05) is 377 Å². The summed E-state index contributed by atoms with van der Waals surface area (Å²) in [6.45, 7) is 19.3. The highest BCUT2D eigenvalue weighted by Crippen LogP contribution is 2.64. The predicted octanol–water partition coefficient (Wildman–Crippen LogP) is 40.8. The Hall–Kier alpha value is -14.1. The van der Waals surface area contributed by atoms with Gasteiger partial charge in [-0.15, -0.1) is 0 Å². The second-order valence-electron chi connectivity index (χ2n) is 41.1. The molecule has 21 rings (SSSR count). The van der Waals surface area contributed by atoms with Crippen LogP contribution in [0.3, 0.4) is 0 Å². The van der Waals surface area contributed by atoms with Gasteiger partial charge in [0.05, 0.1) is 0 Å². The fourth-order valence-corrected chi connectivity index (χ4v) is 25.6. The highest BCUT2D eigenvalue weighted by molar-refractivity contribution is 6.01. The van der Waals surface area contributed by atoms with Crippen LogP contribution in [0.4, 0.5) is 68.2 Å². The van der Waals surface area contributed by atoms with Crippen LogP contribution in [-0.4, -0.2) is 0 Å². The van der Waals surface area contributed by atoms with Gasteiger partial charge in [0, 0.05) is 89.9 Å². The molecule has 4 heteroatoms. The third-order valence-electron chi connectivity index (χ3n) is 32.6. The van der Waals surface area contributed by atoms with E-state index < -0.39 is 0 Å². The average molecular weight is 1850 g/mol. The van der Waals surface area contributed by atoms with Crippen LogP contribution in [0.1, 0.15) is 254 Å². The van der Waals surface area contributed by atoms with E-state index in [1.807, 2.05) is 0 Å². The van der Waals surface area contributed by atoms with E-state index >= 15 is 0 Å². The van der Waals surface area contributed by atoms with Gasteiger partial charge in [-0.2, -0.15) is 0 Å². The standard InChI is InChI=1S/C138H138N4/c1-9-17-81-135(82-18-10-2)127-89-99(65-73-115(127)119-77-69-111(93-131(119)135)139(103-49-33-25-34-50-103)104-51-35-26-36-52-104)123-97-125(101-67-75-117-121-79-71-113(141(107-57-41-29-42-58-107)108-59-43-30-44-60-108)95-133(121)137(85-21-13-5,86-22-14-6)129(117)91-101)126(102-68-76-118-122-80-72-114(142(109-61-45-31-46-62-109)110-63-47-32-48-64-110)96-134(122)138(87-23-15-7,88-24-16-8)130(118)92-102)98-124(123)100-66-74-116-120-78-70-112(140(105-53-37-27-38-54-105)106-55-39-28-40-56-106)94-132(120)136(83-19-11-3,84-20-12-4)128(116)90-100/h25-80,89-98H,9-24,81-88H2,1-8H3. The zero-order chi connectivity index (χ0) is 96.7. The number of nitrogens with zero attached hydrogens (tertiary/aromatic N) is 4. The molecule has 0 bridgehead atoms. The first-order chi connectivity index (χ1) is 70.0. The zero-order valence-electron chi connectivity index (χ0n) is 84.9. The Kier molecular flexibility index (Phi) is 27.6. The van der Waals surface area contributed by atoms with Gasteiger partial charge in [0.25, 0.3) is 0 Å². The van der Waals surface area contributed by atoms with Gasteiger partial charge in [0.2, 0.25) is 0 Å². The highest BCUT2D eigenvalue weighted by Gasteiger charge is 2.49. The Labute approximate surface area is 846 Å². The van der Waals surface area contributed by atoms with E-state index in [9.17, 15) is 0 Å². The van der Waals surface area contributed by atoms with Crippen molar-refractivity contribution in [2.24, 2.45) is 0 Å². The largest absolute Gasteiger partial charge is 0.310 e. The summed E-state index contributed by atoms with van der Waals surface area (Å²) in [6.07, 6.45) is 26.1. The third-order valence-corrected chi connectivity index (χ3v) is 32.6. The number of para-hydroxylation sites is 8. The monoisotopic (exact) mass is 1850 g/mol. The molecule has 0 spiro atoms. The molecular formula is C138H138N4. The molecule has 17 aromatic rings. The van der Waals surface area contributed by atoms with E-state index in [0.717, 1.165) is 200 Å². The number of rotatable bonds is 40. The van der Waals surface area contributed by atoms with Crippen LogP contribution < -0.4 is 19.6 Å². The van der Waals surface area contributed by atoms with Crippen molar-refractivity contribution in [2.75, 3.05) is 19.6 Å². The minimum atomic E-state index is -0.280. The van der Waals surface area contributed by atoms with Crippen molar-refractivity contribution in [3.05, 3.63) is 445 Å². The van der Waals surface area contributed by atoms with Gasteiger partial charge in [-0.3, -0.25) is 0 Å². The van der Waals surface area contributed by atoms with Gasteiger partial charge in [0.15, 0.2) is 0 Å². The zero-order valence-corrected chi connectivity index (χ0v) is 84.9. The summed E-state index contributed by atoms with van der Waals surface area (Å²) in [5, 5.41) is 0. The summed E-state index contributed by atoms with van der Waals surface area (Å²) >= 11 is 0. The van der Waals surface area contributed by atoms with E-state index in [4.69, 9.17) is 0 Å². The van der Waals surface area contributed by atoms with Gasteiger partial charge in [-0.05, 0) is 367 Å². The molecule has 0 unspecified atom stereocenters. The lowest BCUT2D eigenvalue weighted by Crippen LogP contribution is -2.26. The van der Waals surface area contributed by atoms with E-state index in [0.29, 0.717) is 0 Å². The molecule has 0 radical (unpaired) electrons. The first-order valence-electron chi connectivity index (χ1n) is 54.0. The van der Waals surface area contributed by atoms with Crippen LogP contribution in [-0.2, 0) is 21.7 Å². The highest BCUT2D eigenvalue weighted by atomic mass is 15.2.